The van der Waals surface area contributed by atoms with Gasteiger partial charge >= 0.3 is 0 Å². The highest BCUT2D eigenvalue weighted by Crippen LogP contribution is 2.44. The van der Waals surface area contributed by atoms with E-state index < -0.39 is 0 Å². The molecular formula is C22H28N2O2. The SMILES string of the molecule is CCc1ccnc(C2CCC3c4cc(OC)c(OC)cc4CCN3C2)c1. The number of methoxy groups -OCH3 is 2. The molecule has 4 rings (SSSR count). The van der Waals surface area contributed by atoms with E-state index in [4.69, 9.17) is 9.47 Å². The molecule has 2 aliphatic rings. The van der Waals surface area contributed by atoms with E-state index >= 15 is 0 Å². The van der Waals surface area contributed by atoms with Gasteiger partial charge in [0.05, 0.1) is 14.2 Å². The van der Waals surface area contributed by atoms with Crippen LogP contribution in [0.2, 0.25) is 0 Å². The zero-order valence-corrected chi connectivity index (χ0v) is 16.0. The fourth-order valence-corrected chi connectivity index (χ4v) is 4.55. The minimum absolute atomic E-state index is 0.490. The van der Waals surface area contributed by atoms with Gasteiger partial charge in [-0.2, -0.15) is 0 Å². The summed E-state index contributed by atoms with van der Waals surface area (Å²) in [5, 5.41) is 0. The monoisotopic (exact) mass is 352 g/mol. The van der Waals surface area contributed by atoms with Gasteiger partial charge in [0.15, 0.2) is 11.5 Å². The second kappa shape index (κ2) is 7.28. The Morgan fingerprint density at radius 1 is 1.12 bits per heavy atom. The second-order valence-corrected chi connectivity index (χ2v) is 7.38. The zero-order valence-electron chi connectivity index (χ0n) is 16.0. The number of piperidine rings is 1. The Hall–Kier alpha value is -2.07. The molecule has 3 heterocycles. The molecule has 2 aromatic rings. The van der Waals surface area contributed by atoms with Crippen molar-refractivity contribution in [1.82, 2.24) is 9.88 Å². The number of rotatable bonds is 4. The van der Waals surface area contributed by atoms with Crippen molar-refractivity contribution in [2.75, 3.05) is 27.3 Å². The molecule has 0 radical (unpaired) electrons. The molecule has 2 aliphatic heterocycles. The lowest BCUT2D eigenvalue weighted by molar-refractivity contribution is 0.121. The number of pyridine rings is 1. The van der Waals surface area contributed by atoms with Crippen LogP contribution in [0.5, 0.6) is 11.5 Å². The second-order valence-electron chi connectivity index (χ2n) is 7.38. The Morgan fingerprint density at radius 2 is 1.92 bits per heavy atom. The smallest absolute Gasteiger partial charge is 0.161 e. The molecule has 1 fully saturated rings. The van der Waals surface area contributed by atoms with Gasteiger partial charge in [-0.25, -0.2) is 0 Å². The van der Waals surface area contributed by atoms with Crippen molar-refractivity contribution in [2.45, 2.75) is 44.6 Å². The number of hydrogen-bond donors (Lipinski definition) is 0. The van der Waals surface area contributed by atoms with Gasteiger partial charge in [-0.05, 0) is 66.6 Å². The Kier molecular flexibility index (Phi) is 4.86. The number of ether oxygens (including phenoxy) is 2. The van der Waals surface area contributed by atoms with Gasteiger partial charge in [0, 0.05) is 36.9 Å². The summed E-state index contributed by atoms with van der Waals surface area (Å²) >= 11 is 0. The zero-order chi connectivity index (χ0) is 18.1. The van der Waals surface area contributed by atoms with Crippen LogP contribution in [0.25, 0.3) is 0 Å². The Bertz CT molecular complexity index is 790. The first-order chi connectivity index (χ1) is 12.7. The third-order valence-corrected chi connectivity index (χ3v) is 6.03. The van der Waals surface area contributed by atoms with Crippen LogP contribution in [-0.4, -0.2) is 37.2 Å². The number of aromatic nitrogens is 1. The van der Waals surface area contributed by atoms with E-state index in [1.807, 2.05) is 6.20 Å². The summed E-state index contributed by atoms with van der Waals surface area (Å²) in [7, 11) is 3.43. The normalized spacial score (nSPS) is 22.4. The molecule has 0 saturated carbocycles. The van der Waals surface area contributed by atoms with Crippen molar-refractivity contribution in [1.29, 1.82) is 0 Å². The molecule has 0 N–H and O–H groups in total. The fraction of sp³-hybridized carbons (Fsp3) is 0.500. The molecule has 138 valence electrons. The van der Waals surface area contributed by atoms with Gasteiger partial charge in [-0.3, -0.25) is 9.88 Å². The fourth-order valence-electron chi connectivity index (χ4n) is 4.55. The van der Waals surface area contributed by atoms with E-state index in [9.17, 15) is 0 Å². The van der Waals surface area contributed by atoms with Crippen LogP contribution in [0, 0.1) is 0 Å². The predicted octanol–water partition coefficient (Wildman–Crippen LogP) is 4.14. The predicted molar refractivity (Wildman–Crippen MR) is 103 cm³/mol. The molecule has 1 saturated heterocycles. The number of fused-ring (bicyclic) bond motifs is 3. The van der Waals surface area contributed by atoms with Gasteiger partial charge in [-0.1, -0.05) is 6.92 Å². The Morgan fingerprint density at radius 3 is 2.69 bits per heavy atom. The molecule has 4 nitrogen and oxygen atoms in total. The van der Waals surface area contributed by atoms with E-state index in [1.165, 1.54) is 35.2 Å². The minimum Gasteiger partial charge on any atom is -0.493 e. The molecule has 0 amide bonds. The van der Waals surface area contributed by atoms with E-state index in [0.717, 1.165) is 37.4 Å². The summed E-state index contributed by atoms with van der Waals surface area (Å²) in [6.07, 6.45) is 6.48. The number of hydrogen-bond acceptors (Lipinski definition) is 4. The molecular weight excluding hydrogens is 324 g/mol. The highest BCUT2D eigenvalue weighted by molar-refractivity contribution is 5.49. The van der Waals surface area contributed by atoms with E-state index in [2.05, 4.69) is 41.1 Å². The average Bonchev–Trinajstić information content (AvgIpc) is 2.72. The molecule has 2 atom stereocenters. The quantitative estimate of drug-likeness (QED) is 0.828. The minimum atomic E-state index is 0.490. The largest absolute Gasteiger partial charge is 0.493 e. The van der Waals surface area contributed by atoms with Crippen LogP contribution in [0.15, 0.2) is 30.5 Å². The number of nitrogens with zero attached hydrogens (tertiary/aromatic N) is 2. The van der Waals surface area contributed by atoms with E-state index in [0.29, 0.717) is 12.0 Å². The molecule has 1 aromatic heterocycles. The van der Waals surface area contributed by atoms with Crippen molar-refractivity contribution in [3.05, 3.63) is 52.8 Å². The maximum atomic E-state index is 5.54. The van der Waals surface area contributed by atoms with Crippen LogP contribution in [0.3, 0.4) is 0 Å². The van der Waals surface area contributed by atoms with Crippen molar-refractivity contribution in [3.63, 3.8) is 0 Å². The average molecular weight is 352 g/mol. The lowest BCUT2D eigenvalue weighted by atomic mass is 9.82. The molecule has 4 heteroatoms. The third-order valence-electron chi connectivity index (χ3n) is 6.03. The van der Waals surface area contributed by atoms with Crippen molar-refractivity contribution in [2.24, 2.45) is 0 Å². The standard InChI is InChI=1S/C22H28N2O2/c1-4-15-7-9-23-19(11-15)17-5-6-20-18-13-22(26-3)21(25-2)12-16(18)8-10-24(20)14-17/h7,9,11-13,17,20H,4-6,8,10,14H2,1-3H3. The summed E-state index contributed by atoms with van der Waals surface area (Å²) in [4.78, 5) is 7.32. The Labute approximate surface area is 156 Å². The van der Waals surface area contributed by atoms with Crippen LogP contribution in [0.1, 0.15) is 54.1 Å². The van der Waals surface area contributed by atoms with Crippen molar-refractivity contribution >= 4 is 0 Å². The van der Waals surface area contributed by atoms with Crippen LogP contribution >= 0.6 is 0 Å². The maximum absolute atomic E-state index is 5.54. The summed E-state index contributed by atoms with van der Waals surface area (Å²) in [5.74, 6) is 2.22. The first kappa shape index (κ1) is 17.3. The molecule has 0 bridgehead atoms. The van der Waals surface area contributed by atoms with E-state index in [1.54, 1.807) is 14.2 Å². The van der Waals surface area contributed by atoms with Crippen molar-refractivity contribution in [3.8, 4) is 11.5 Å². The van der Waals surface area contributed by atoms with Gasteiger partial charge < -0.3 is 9.47 Å². The van der Waals surface area contributed by atoms with Gasteiger partial charge in [0.25, 0.3) is 0 Å². The molecule has 2 unspecified atom stereocenters. The molecule has 1 aromatic carbocycles. The Balaban J connectivity index is 1.58. The van der Waals surface area contributed by atoms with Crippen LogP contribution in [0.4, 0.5) is 0 Å². The molecule has 0 aliphatic carbocycles. The third kappa shape index (κ3) is 3.07. The highest BCUT2D eigenvalue weighted by Gasteiger charge is 2.35. The lowest BCUT2D eigenvalue weighted by Gasteiger charge is -2.43. The van der Waals surface area contributed by atoms with Crippen LogP contribution < -0.4 is 9.47 Å². The van der Waals surface area contributed by atoms with Crippen LogP contribution in [-0.2, 0) is 12.8 Å². The number of aryl methyl sites for hydroxylation is 1. The summed E-state index contributed by atoms with van der Waals surface area (Å²) in [6, 6.07) is 9.29. The molecule has 26 heavy (non-hydrogen) atoms. The van der Waals surface area contributed by atoms with Gasteiger partial charge in [0.1, 0.15) is 0 Å². The van der Waals surface area contributed by atoms with E-state index in [-0.39, 0.29) is 0 Å². The highest BCUT2D eigenvalue weighted by atomic mass is 16.5. The summed E-state index contributed by atoms with van der Waals surface area (Å²) in [6.45, 7) is 4.41. The van der Waals surface area contributed by atoms with Crippen molar-refractivity contribution < 1.29 is 9.47 Å². The van der Waals surface area contributed by atoms with Gasteiger partial charge in [-0.15, -0.1) is 0 Å². The first-order valence-electron chi connectivity index (χ1n) is 9.67. The van der Waals surface area contributed by atoms with Gasteiger partial charge in [0.2, 0.25) is 0 Å². The topological polar surface area (TPSA) is 34.6 Å². The lowest BCUT2D eigenvalue weighted by Crippen LogP contribution is -2.41. The maximum Gasteiger partial charge on any atom is 0.161 e. The number of benzene rings is 1. The summed E-state index contributed by atoms with van der Waals surface area (Å²) < 4.78 is 11.0. The first-order valence-corrected chi connectivity index (χ1v) is 9.67. The summed E-state index contributed by atoms with van der Waals surface area (Å²) in [5.41, 5.74) is 5.48. The molecule has 0 spiro atoms.